The van der Waals surface area contributed by atoms with Gasteiger partial charge in [0, 0.05) is 30.6 Å². The Balaban J connectivity index is 1.42. The van der Waals surface area contributed by atoms with Gasteiger partial charge in [0.25, 0.3) is 0 Å². The van der Waals surface area contributed by atoms with Gasteiger partial charge in [0.1, 0.15) is 5.75 Å². The second-order valence-electron chi connectivity index (χ2n) is 5.79. The van der Waals surface area contributed by atoms with Gasteiger partial charge in [-0.3, -0.25) is 4.79 Å². The van der Waals surface area contributed by atoms with Crippen LogP contribution in [0.15, 0.2) is 54.6 Å². The number of amides is 3. The van der Waals surface area contributed by atoms with E-state index in [1.165, 1.54) is 0 Å². The molecule has 25 heavy (non-hydrogen) atoms. The van der Waals surface area contributed by atoms with Crippen LogP contribution in [0.25, 0.3) is 0 Å². The zero-order chi connectivity index (χ0) is 17.5. The number of para-hydroxylation sites is 2. The zero-order valence-corrected chi connectivity index (χ0v) is 13.8. The molecule has 0 aliphatic carbocycles. The molecule has 1 aliphatic heterocycles. The predicted octanol–water partition coefficient (Wildman–Crippen LogP) is 2.84. The van der Waals surface area contributed by atoms with Crippen LogP contribution in [0, 0.1) is 0 Å². The molecule has 0 spiro atoms. The van der Waals surface area contributed by atoms with E-state index in [0.717, 1.165) is 17.7 Å². The standard InChI is InChI=1S/C19H21N3O3/c23-18(10-12-20-19(24)21-14-6-2-1-3-7-14)22-16-11-13-25-17-9-5-4-8-15(16)17/h1-9,16H,10-13H2,(H,22,23)(H2,20,21,24)/t16-/m0/s1. The third kappa shape index (κ3) is 4.73. The van der Waals surface area contributed by atoms with Crippen LogP contribution < -0.4 is 20.7 Å². The molecule has 2 aromatic rings. The van der Waals surface area contributed by atoms with Crippen molar-refractivity contribution in [1.82, 2.24) is 10.6 Å². The van der Waals surface area contributed by atoms with Crippen LogP contribution >= 0.6 is 0 Å². The summed E-state index contributed by atoms with van der Waals surface area (Å²) in [4.78, 5) is 23.9. The smallest absolute Gasteiger partial charge is 0.319 e. The fourth-order valence-electron chi connectivity index (χ4n) is 2.74. The van der Waals surface area contributed by atoms with Gasteiger partial charge in [0.15, 0.2) is 0 Å². The molecule has 1 aliphatic rings. The highest BCUT2D eigenvalue weighted by Gasteiger charge is 2.22. The molecule has 130 valence electrons. The summed E-state index contributed by atoms with van der Waals surface area (Å²) in [6.07, 6.45) is 0.965. The molecular weight excluding hydrogens is 318 g/mol. The van der Waals surface area contributed by atoms with Crippen LogP contribution in [-0.4, -0.2) is 25.1 Å². The number of rotatable bonds is 5. The molecular formula is C19H21N3O3. The Morgan fingerprint density at radius 3 is 2.64 bits per heavy atom. The lowest BCUT2D eigenvalue weighted by atomic mass is 10.0. The molecule has 2 aromatic carbocycles. The molecule has 6 heteroatoms. The number of hydrogen-bond donors (Lipinski definition) is 3. The number of nitrogens with one attached hydrogen (secondary N) is 3. The van der Waals surface area contributed by atoms with E-state index in [4.69, 9.17) is 4.74 Å². The third-order valence-electron chi connectivity index (χ3n) is 3.96. The number of hydrogen-bond acceptors (Lipinski definition) is 3. The molecule has 0 fully saturated rings. The summed E-state index contributed by atoms with van der Waals surface area (Å²) < 4.78 is 5.59. The topological polar surface area (TPSA) is 79.5 Å². The third-order valence-corrected chi connectivity index (χ3v) is 3.96. The maximum Gasteiger partial charge on any atom is 0.319 e. The number of anilines is 1. The summed E-state index contributed by atoms with van der Waals surface area (Å²) in [5.74, 6) is 0.723. The lowest BCUT2D eigenvalue weighted by Gasteiger charge is -2.26. The largest absolute Gasteiger partial charge is 0.493 e. The van der Waals surface area contributed by atoms with Crippen molar-refractivity contribution >= 4 is 17.6 Å². The van der Waals surface area contributed by atoms with Crippen LogP contribution in [0.3, 0.4) is 0 Å². The highest BCUT2D eigenvalue weighted by Crippen LogP contribution is 2.31. The fourth-order valence-corrected chi connectivity index (χ4v) is 2.74. The molecule has 0 unspecified atom stereocenters. The highest BCUT2D eigenvalue weighted by molar-refractivity contribution is 5.89. The maximum atomic E-state index is 12.1. The first kappa shape index (κ1) is 16.8. The Bertz CT molecular complexity index is 734. The van der Waals surface area contributed by atoms with Gasteiger partial charge in [-0.1, -0.05) is 36.4 Å². The number of benzene rings is 2. The average Bonchev–Trinajstić information content (AvgIpc) is 2.63. The number of urea groups is 1. The predicted molar refractivity (Wildman–Crippen MR) is 95.5 cm³/mol. The van der Waals surface area contributed by atoms with Crippen LogP contribution in [0.2, 0.25) is 0 Å². The number of carbonyl (C=O) groups excluding carboxylic acids is 2. The van der Waals surface area contributed by atoms with Gasteiger partial charge < -0.3 is 20.7 Å². The summed E-state index contributed by atoms with van der Waals surface area (Å²) >= 11 is 0. The van der Waals surface area contributed by atoms with Crippen molar-refractivity contribution in [1.29, 1.82) is 0 Å². The van der Waals surface area contributed by atoms with Gasteiger partial charge in [-0.05, 0) is 18.2 Å². The van der Waals surface area contributed by atoms with E-state index >= 15 is 0 Å². The van der Waals surface area contributed by atoms with E-state index < -0.39 is 0 Å². The van der Waals surface area contributed by atoms with Gasteiger partial charge in [-0.15, -0.1) is 0 Å². The second-order valence-corrected chi connectivity index (χ2v) is 5.79. The molecule has 0 saturated carbocycles. The molecule has 0 saturated heterocycles. The number of fused-ring (bicyclic) bond motifs is 1. The van der Waals surface area contributed by atoms with Crippen molar-refractivity contribution in [3.8, 4) is 5.75 Å². The van der Waals surface area contributed by atoms with Crippen molar-refractivity contribution in [2.24, 2.45) is 0 Å². The molecule has 0 radical (unpaired) electrons. The van der Waals surface area contributed by atoms with Crippen molar-refractivity contribution in [3.05, 3.63) is 60.2 Å². The molecule has 6 nitrogen and oxygen atoms in total. The first-order chi connectivity index (χ1) is 12.2. The molecule has 1 atom stereocenters. The molecule has 1 heterocycles. The minimum absolute atomic E-state index is 0.0457. The lowest BCUT2D eigenvalue weighted by molar-refractivity contribution is -0.121. The van der Waals surface area contributed by atoms with E-state index in [-0.39, 0.29) is 30.9 Å². The van der Waals surface area contributed by atoms with Crippen molar-refractivity contribution < 1.29 is 14.3 Å². The normalized spacial score (nSPS) is 15.4. The summed E-state index contributed by atoms with van der Waals surface area (Å²) in [5, 5.41) is 8.40. The monoisotopic (exact) mass is 339 g/mol. The minimum atomic E-state index is -0.324. The zero-order valence-electron chi connectivity index (χ0n) is 13.8. The molecule has 3 amide bonds. The van der Waals surface area contributed by atoms with Crippen LogP contribution in [0.4, 0.5) is 10.5 Å². The summed E-state index contributed by atoms with van der Waals surface area (Å²) in [5.41, 5.74) is 1.71. The van der Waals surface area contributed by atoms with Crippen LogP contribution in [0.5, 0.6) is 5.75 Å². The first-order valence-electron chi connectivity index (χ1n) is 8.33. The van der Waals surface area contributed by atoms with E-state index in [0.29, 0.717) is 12.3 Å². The van der Waals surface area contributed by atoms with E-state index in [2.05, 4.69) is 16.0 Å². The number of carbonyl (C=O) groups is 2. The van der Waals surface area contributed by atoms with E-state index in [1.54, 1.807) is 12.1 Å². The van der Waals surface area contributed by atoms with Gasteiger partial charge in [-0.2, -0.15) is 0 Å². The second kappa shape index (κ2) is 8.19. The highest BCUT2D eigenvalue weighted by atomic mass is 16.5. The minimum Gasteiger partial charge on any atom is -0.493 e. The Kier molecular flexibility index (Phi) is 5.51. The van der Waals surface area contributed by atoms with Gasteiger partial charge in [0.2, 0.25) is 5.91 Å². The SMILES string of the molecule is O=C(CCNC(=O)Nc1ccccc1)N[C@H]1CCOc2ccccc21. The Morgan fingerprint density at radius 2 is 1.80 bits per heavy atom. The van der Waals surface area contributed by atoms with Crippen molar-refractivity contribution in [2.75, 3.05) is 18.5 Å². The summed E-state index contributed by atoms with van der Waals surface area (Å²) in [6, 6.07) is 16.5. The Morgan fingerprint density at radius 1 is 1.04 bits per heavy atom. The molecule has 0 aromatic heterocycles. The van der Waals surface area contributed by atoms with Crippen LogP contribution in [0.1, 0.15) is 24.4 Å². The molecule has 0 bridgehead atoms. The maximum absolute atomic E-state index is 12.1. The Hall–Kier alpha value is -3.02. The van der Waals surface area contributed by atoms with E-state index in [9.17, 15) is 9.59 Å². The average molecular weight is 339 g/mol. The summed E-state index contributed by atoms with van der Waals surface area (Å²) in [6.45, 7) is 0.856. The molecule has 3 N–H and O–H groups in total. The Labute approximate surface area is 146 Å². The van der Waals surface area contributed by atoms with Gasteiger partial charge >= 0.3 is 6.03 Å². The fraction of sp³-hybridized carbons (Fsp3) is 0.263. The van der Waals surface area contributed by atoms with Gasteiger partial charge in [-0.25, -0.2) is 4.79 Å². The number of ether oxygens (including phenoxy) is 1. The van der Waals surface area contributed by atoms with Gasteiger partial charge in [0.05, 0.1) is 12.6 Å². The first-order valence-corrected chi connectivity index (χ1v) is 8.33. The lowest BCUT2D eigenvalue weighted by Crippen LogP contribution is -2.36. The summed E-state index contributed by atoms with van der Waals surface area (Å²) in [7, 11) is 0. The molecule has 3 rings (SSSR count). The van der Waals surface area contributed by atoms with Crippen LogP contribution in [-0.2, 0) is 4.79 Å². The van der Waals surface area contributed by atoms with Crippen molar-refractivity contribution in [2.45, 2.75) is 18.9 Å². The van der Waals surface area contributed by atoms with Crippen molar-refractivity contribution in [3.63, 3.8) is 0 Å². The quantitative estimate of drug-likeness (QED) is 0.784. The van der Waals surface area contributed by atoms with E-state index in [1.807, 2.05) is 42.5 Å².